The molecule has 2 aromatic rings. The summed E-state index contributed by atoms with van der Waals surface area (Å²) in [7, 11) is 1.62. The van der Waals surface area contributed by atoms with Crippen molar-refractivity contribution in [2.45, 2.75) is 44.4 Å². The van der Waals surface area contributed by atoms with E-state index < -0.39 is 0 Å². The van der Waals surface area contributed by atoms with Gasteiger partial charge >= 0.3 is 0 Å². The van der Waals surface area contributed by atoms with Gasteiger partial charge in [-0.15, -0.1) is 11.8 Å². The highest BCUT2D eigenvalue weighted by Crippen LogP contribution is 2.29. The third-order valence-corrected chi connectivity index (χ3v) is 4.98. The van der Waals surface area contributed by atoms with Gasteiger partial charge in [-0.2, -0.15) is 0 Å². The summed E-state index contributed by atoms with van der Waals surface area (Å²) in [5.41, 5.74) is 2.20. The fourth-order valence-electron chi connectivity index (χ4n) is 2.38. The minimum atomic E-state index is -0.111. The van der Waals surface area contributed by atoms with Gasteiger partial charge in [0.1, 0.15) is 0 Å². The van der Waals surface area contributed by atoms with Crippen LogP contribution in [0.2, 0.25) is 0 Å². The molecule has 2 rings (SSSR count). The van der Waals surface area contributed by atoms with E-state index in [2.05, 4.69) is 17.4 Å². The van der Waals surface area contributed by atoms with Crippen molar-refractivity contribution in [3.05, 3.63) is 59.7 Å². The normalized spacial score (nSPS) is 11.9. The second kappa shape index (κ2) is 10.1. The van der Waals surface area contributed by atoms with E-state index in [0.29, 0.717) is 18.0 Å². The number of ether oxygens (including phenoxy) is 2. The molecule has 0 fully saturated rings. The molecule has 1 N–H and O–H groups in total. The zero-order valence-electron chi connectivity index (χ0n) is 15.8. The minimum absolute atomic E-state index is 0.0346. The first kappa shape index (κ1) is 20.2. The van der Waals surface area contributed by atoms with E-state index in [-0.39, 0.29) is 17.3 Å². The molecular formula is C21H27NO3S. The summed E-state index contributed by atoms with van der Waals surface area (Å²) in [6.45, 7) is 6.35. The summed E-state index contributed by atoms with van der Waals surface area (Å²) in [5, 5.41) is 2.88. The zero-order valence-corrected chi connectivity index (χ0v) is 16.6. The van der Waals surface area contributed by atoms with Gasteiger partial charge in [0.2, 0.25) is 5.91 Å². The molecule has 140 valence electrons. The molecule has 0 aliphatic carbocycles. The molecule has 0 unspecified atom stereocenters. The summed E-state index contributed by atoms with van der Waals surface area (Å²) in [6.07, 6.45) is 0.0805. The Morgan fingerprint density at radius 2 is 1.77 bits per heavy atom. The summed E-state index contributed by atoms with van der Waals surface area (Å²) in [4.78, 5) is 12.3. The molecule has 0 aliphatic heterocycles. The largest absolute Gasteiger partial charge is 0.493 e. The van der Waals surface area contributed by atoms with Crippen LogP contribution in [0.3, 0.4) is 0 Å². The first-order valence-corrected chi connectivity index (χ1v) is 9.81. The van der Waals surface area contributed by atoms with Crippen LogP contribution in [-0.2, 0) is 17.1 Å². The lowest BCUT2D eigenvalue weighted by Gasteiger charge is -2.15. The van der Waals surface area contributed by atoms with Crippen LogP contribution in [0, 0.1) is 0 Å². The first-order chi connectivity index (χ1) is 12.5. The second-order valence-electron chi connectivity index (χ2n) is 6.31. The van der Waals surface area contributed by atoms with Crippen LogP contribution in [0.15, 0.2) is 48.5 Å². The Bertz CT molecular complexity index is 704. The van der Waals surface area contributed by atoms with Crippen molar-refractivity contribution in [2.24, 2.45) is 0 Å². The fourth-order valence-corrected chi connectivity index (χ4v) is 3.25. The maximum absolute atomic E-state index is 12.3. The number of amides is 1. The highest BCUT2D eigenvalue weighted by atomic mass is 32.2. The van der Waals surface area contributed by atoms with Gasteiger partial charge in [-0.1, -0.05) is 36.4 Å². The lowest BCUT2D eigenvalue weighted by atomic mass is 10.2. The van der Waals surface area contributed by atoms with Crippen molar-refractivity contribution in [2.75, 3.05) is 7.11 Å². The zero-order chi connectivity index (χ0) is 18.9. The Kier molecular flexibility index (Phi) is 7.85. The predicted molar refractivity (Wildman–Crippen MR) is 108 cm³/mol. The molecule has 1 atom stereocenters. The van der Waals surface area contributed by atoms with Crippen molar-refractivity contribution in [1.82, 2.24) is 5.32 Å². The third-order valence-electron chi connectivity index (χ3n) is 3.77. The van der Waals surface area contributed by atoms with Crippen LogP contribution in [-0.4, -0.2) is 24.4 Å². The number of carbonyl (C=O) groups excluding carboxylic acids is 1. The average Bonchev–Trinajstić information content (AvgIpc) is 2.65. The molecule has 0 aromatic heterocycles. The number of hydrogen-bond donors (Lipinski definition) is 1. The quantitative estimate of drug-likeness (QED) is 0.707. The summed E-state index contributed by atoms with van der Waals surface area (Å²) in [6, 6.07) is 15.9. The molecule has 2 aromatic carbocycles. The smallest absolute Gasteiger partial charge is 0.233 e. The molecule has 26 heavy (non-hydrogen) atoms. The van der Waals surface area contributed by atoms with Crippen LogP contribution >= 0.6 is 11.8 Å². The number of carbonyl (C=O) groups is 1. The molecule has 4 nitrogen and oxygen atoms in total. The van der Waals surface area contributed by atoms with E-state index >= 15 is 0 Å². The van der Waals surface area contributed by atoms with E-state index in [1.54, 1.807) is 18.9 Å². The maximum atomic E-state index is 12.3. The van der Waals surface area contributed by atoms with E-state index in [0.717, 1.165) is 11.3 Å². The predicted octanol–water partition coefficient (Wildman–Crippen LogP) is 4.42. The van der Waals surface area contributed by atoms with Gasteiger partial charge in [0.05, 0.1) is 18.5 Å². The van der Waals surface area contributed by atoms with E-state index in [1.165, 1.54) is 5.56 Å². The molecule has 0 saturated heterocycles. The van der Waals surface area contributed by atoms with Crippen molar-refractivity contribution >= 4 is 17.7 Å². The van der Waals surface area contributed by atoms with Crippen LogP contribution in [0.1, 0.15) is 31.9 Å². The van der Waals surface area contributed by atoms with E-state index in [4.69, 9.17) is 9.47 Å². The van der Waals surface area contributed by atoms with Crippen LogP contribution < -0.4 is 14.8 Å². The van der Waals surface area contributed by atoms with Gasteiger partial charge in [-0.05, 0) is 44.0 Å². The molecule has 5 heteroatoms. The maximum Gasteiger partial charge on any atom is 0.233 e. The standard InChI is InChI=1S/C21H27NO3S/c1-15(2)25-19-11-10-18(12-20(19)24-4)13-22-21(23)16(3)26-14-17-8-6-5-7-9-17/h5-12,15-16H,13-14H2,1-4H3,(H,22,23)/t16-/m0/s1. The van der Waals surface area contributed by atoms with Gasteiger partial charge in [0, 0.05) is 12.3 Å². The number of nitrogens with one attached hydrogen (secondary N) is 1. The van der Waals surface area contributed by atoms with Crippen molar-refractivity contribution in [3.63, 3.8) is 0 Å². The molecule has 0 spiro atoms. The van der Waals surface area contributed by atoms with Crippen LogP contribution in [0.5, 0.6) is 11.5 Å². The monoisotopic (exact) mass is 373 g/mol. The van der Waals surface area contributed by atoms with E-state index in [9.17, 15) is 4.79 Å². The van der Waals surface area contributed by atoms with Gasteiger partial charge in [-0.25, -0.2) is 0 Å². The Morgan fingerprint density at radius 3 is 2.42 bits per heavy atom. The number of rotatable bonds is 9. The summed E-state index contributed by atoms with van der Waals surface area (Å²) >= 11 is 1.63. The van der Waals surface area contributed by atoms with Gasteiger partial charge in [0.15, 0.2) is 11.5 Å². The lowest BCUT2D eigenvalue weighted by Crippen LogP contribution is -2.30. The molecular weight excluding hydrogens is 346 g/mol. The topological polar surface area (TPSA) is 47.6 Å². The Balaban J connectivity index is 1.86. The van der Waals surface area contributed by atoms with Gasteiger partial charge in [-0.3, -0.25) is 4.79 Å². The van der Waals surface area contributed by atoms with E-state index in [1.807, 2.05) is 57.2 Å². The molecule has 0 heterocycles. The fraction of sp³-hybridized carbons (Fsp3) is 0.381. The Morgan fingerprint density at radius 1 is 1.04 bits per heavy atom. The van der Waals surface area contributed by atoms with Crippen molar-refractivity contribution in [1.29, 1.82) is 0 Å². The third kappa shape index (κ3) is 6.30. The van der Waals surface area contributed by atoms with Gasteiger partial charge < -0.3 is 14.8 Å². The summed E-state index contributed by atoms with van der Waals surface area (Å²) < 4.78 is 11.1. The van der Waals surface area contributed by atoms with Crippen LogP contribution in [0.25, 0.3) is 0 Å². The molecule has 0 saturated carbocycles. The molecule has 1 amide bonds. The highest BCUT2D eigenvalue weighted by molar-refractivity contribution is 7.99. The minimum Gasteiger partial charge on any atom is -0.493 e. The lowest BCUT2D eigenvalue weighted by molar-refractivity contribution is -0.120. The number of thioether (sulfide) groups is 1. The molecule has 0 radical (unpaired) electrons. The second-order valence-corrected chi connectivity index (χ2v) is 7.64. The summed E-state index contributed by atoms with van der Waals surface area (Å²) in [5.74, 6) is 2.25. The van der Waals surface area contributed by atoms with Crippen molar-refractivity contribution in [3.8, 4) is 11.5 Å². The SMILES string of the molecule is COc1cc(CNC(=O)[C@H](C)SCc2ccccc2)ccc1OC(C)C. The molecule has 0 aliphatic rings. The first-order valence-electron chi connectivity index (χ1n) is 8.76. The number of benzene rings is 2. The van der Waals surface area contributed by atoms with Crippen molar-refractivity contribution < 1.29 is 14.3 Å². The molecule has 0 bridgehead atoms. The number of methoxy groups -OCH3 is 1. The van der Waals surface area contributed by atoms with Crippen LogP contribution in [0.4, 0.5) is 0 Å². The number of hydrogen-bond acceptors (Lipinski definition) is 4. The average molecular weight is 374 g/mol. The highest BCUT2D eigenvalue weighted by Gasteiger charge is 2.14. The Labute approximate surface area is 160 Å². The van der Waals surface area contributed by atoms with Gasteiger partial charge in [0.25, 0.3) is 0 Å². The Hall–Kier alpha value is -2.14.